The van der Waals surface area contributed by atoms with Gasteiger partial charge in [0.2, 0.25) is 0 Å². The predicted molar refractivity (Wildman–Crippen MR) is 108 cm³/mol. The first-order valence-electron chi connectivity index (χ1n) is 9.46. The van der Waals surface area contributed by atoms with Crippen LogP contribution in [-0.4, -0.2) is 28.8 Å². The van der Waals surface area contributed by atoms with Crippen LogP contribution in [0.2, 0.25) is 0 Å². The standard InChI is InChI=1S/C21H21F3N4O/c1-27-19-7-4-16(12-18(19)25-13-20(27)29)26-15-2-5-17(6-3-15)28-10-8-14(9-11-28)21(22,23)24/h2-7,12-14,26H,8-11H2,1H3. The minimum absolute atomic E-state index is 0.135. The quantitative estimate of drug-likeness (QED) is 0.703. The zero-order chi connectivity index (χ0) is 20.6. The molecule has 4 rings (SSSR count). The molecule has 0 spiro atoms. The topological polar surface area (TPSA) is 50.2 Å². The van der Waals surface area contributed by atoms with Crippen molar-refractivity contribution < 1.29 is 13.2 Å². The van der Waals surface area contributed by atoms with E-state index in [9.17, 15) is 18.0 Å². The molecule has 0 unspecified atom stereocenters. The summed E-state index contributed by atoms with van der Waals surface area (Å²) in [6.45, 7) is 0.817. The van der Waals surface area contributed by atoms with Crippen LogP contribution in [0.1, 0.15) is 12.8 Å². The molecule has 5 nitrogen and oxygen atoms in total. The van der Waals surface area contributed by atoms with E-state index in [1.54, 1.807) is 11.6 Å². The Morgan fingerprint density at radius 1 is 1.03 bits per heavy atom. The van der Waals surface area contributed by atoms with Gasteiger partial charge in [-0.05, 0) is 55.3 Å². The fourth-order valence-electron chi connectivity index (χ4n) is 3.71. The lowest BCUT2D eigenvalue weighted by atomic mass is 9.96. The van der Waals surface area contributed by atoms with Gasteiger partial charge >= 0.3 is 6.18 Å². The fourth-order valence-corrected chi connectivity index (χ4v) is 3.71. The second kappa shape index (κ2) is 7.42. The second-order valence-corrected chi connectivity index (χ2v) is 7.33. The number of anilines is 3. The number of hydrogen-bond acceptors (Lipinski definition) is 4. The van der Waals surface area contributed by atoms with Gasteiger partial charge in [-0.15, -0.1) is 0 Å². The number of piperidine rings is 1. The van der Waals surface area contributed by atoms with E-state index in [1.807, 2.05) is 47.4 Å². The van der Waals surface area contributed by atoms with E-state index in [4.69, 9.17) is 0 Å². The van der Waals surface area contributed by atoms with Crippen molar-refractivity contribution in [3.05, 3.63) is 59.0 Å². The smallest absolute Gasteiger partial charge is 0.372 e. The van der Waals surface area contributed by atoms with E-state index in [2.05, 4.69) is 10.3 Å². The van der Waals surface area contributed by atoms with Crippen molar-refractivity contribution in [2.24, 2.45) is 13.0 Å². The summed E-state index contributed by atoms with van der Waals surface area (Å²) < 4.78 is 40.0. The number of fused-ring (bicyclic) bond motifs is 1. The van der Waals surface area contributed by atoms with Crippen molar-refractivity contribution in [2.75, 3.05) is 23.3 Å². The van der Waals surface area contributed by atoms with E-state index in [0.717, 1.165) is 22.6 Å². The van der Waals surface area contributed by atoms with E-state index < -0.39 is 12.1 Å². The second-order valence-electron chi connectivity index (χ2n) is 7.33. The van der Waals surface area contributed by atoms with Crippen LogP contribution in [-0.2, 0) is 7.05 Å². The van der Waals surface area contributed by atoms with Gasteiger partial charge in [-0.25, -0.2) is 4.98 Å². The molecule has 29 heavy (non-hydrogen) atoms. The first-order chi connectivity index (χ1) is 13.8. The van der Waals surface area contributed by atoms with Gasteiger partial charge in [0.25, 0.3) is 5.56 Å². The van der Waals surface area contributed by atoms with Crippen molar-refractivity contribution >= 4 is 28.1 Å². The van der Waals surface area contributed by atoms with Crippen LogP contribution in [0, 0.1) is 5.92 Å². The van der Waals surface area contributed by atoms with Crippen molar-refractivity contribution in [2.45, 2.75) is 19.0 Å². The molecule has 0 bridgehead atoms. The maximum Gasteiger partial charge on any atom is 0.391 e. The lowest BCUT2D eigenvalue weighted by molar-refractivity contribution is -0.179. The number of alkyl halides is 3. The Balaban J connectivity index is 1.44. The summed E-state index contributed by atoms with van der Waals surface area (Å²) in [6.07, 6.45) is -2.53. The number of hydrogen-bond donors (Lipinski definition) is 1. The minimum Gasteiger partial charge on any atom is -0.372 e. The zero-order valence-electron chi connectivity index (χ0n) is 15.9. The highest BCUT2D eigenvalue weighted by Crippen LogP contribution is 2.35. The highest BCUT2D eigenvalue weighted by atomic mass is 19.4. The summed E-state index contributed by atoms with van der Waals surface area (Å²) in [4.78, 5) is 17.8. The summed E-state index contributed by atoms with van der Waals surface area (Å²) in [5.74, 6) is -1.19. The van der Waals surface area contributed by atoms with Gasteiger partial charge in [0.15, 0.2) is 0 Å². The van der Waals surface area contributed by atoms with Gasteiger partial charge < -0.3 is 14.8 Å². The summed E-state index contributed by atoms with van der Waals surface area (Å²) in [6, 6.07) is 13.2. The molecular weight excluding hydrogens is 381 g/mol. The monoisotopic (exact) mass is 402 g/mol. The third-order valence-electron chi connectivity index (χ3n) is 5.46. The average molecular weight is 402 g/mol. The molecule has 1 aliphatic heterocycles. The van der Waals surface area contributed by atoms with Crippen LogP contribution in [0.15, 0.2) is 53.5 Å². The van der Waals surface area contributed by atoms with Gasteiger partial charge in [0.05, 0.1) is 23.1 Å². The molecule has 8 heteroatoms. The van der Waals surface area contributed by atoms with Crippen molar-refractivity contribution in [3.63, 3.8) is 0 Å². The minimum atomic E-state index is -4.10. The fraction of sp³-hybridized carbons (Fsp3) is 0.333. The molecule has 1 fully saturated rings. The predicted octanol–water partition coefficient (Wildman–Crippen LogP) is 4.46. The molecule has 0 aliphatic carbocycles. The van der Waals surface area contributed by atoms with Crippen LogP contribution in [0.4, 0.5) is 30.2 Å². The normalized spacial score (nSPS) is 15.7. The molecule has 1 N–H and O–H groups in total. The molecule has 2 aromatic carbocycles. The summed E-state index contributed by atoms with van der Waals surface area (Å²) >= 11 is 0. The van der Waals surface area contributed by atoms with Crippen molar-refractivity contribution in [3.8, 4) is 0 Å². The van der Waals surface area contributed by atoms with Crippen LogP contribution in [0.5, 0.6) is 0 Å². The summed E-state index contributed by atoms with van der Waals surface area (Å²) in [7, 11) is 1.70. The molecule has 152 valence electrons. The average Bonchev–Trinajstić information content (AvgIpc) is 2.71. The van der Waals surface area contributed by atoms with Gasteiger partial charge in [-0.2, -0.15) is 13.2 Å². The van der Waals surface area contributed by atoms with Gasteiger partial charge in [-0.3, -0.25) is 4.79 Å². The summed E-state index contributed by atoms with van der Waals surface area (Å²) in [5.41, 5.74) is 3.92. The SMILES string of the molecule is Cn1c(=O)cnc2cc(Nc3ccc(N4CCC(C(F)(F)F)CC4)cc3)ccc21. The Bertz CT molecular complexity index is 1070. The highest BCUT2D eigenvalue weighted by molar-refractivity contribution is 5.80. The molecule has 1 aromatic heterocycles. The number of rotatable bonds is 3. The maximum absolute atomic E-state index is 12.8. The molecule has 0 saturated carbocycles. The Labute approximate surface area is 165 Å². The zero-order valence-corrected chi connectivity index (χ0v) is 15.9. The molecule has 3 aromatic rings. The maximum atomic E-state index is 12.8. The Morgan fingerprint density at radius 3 is 2.34 bits per heavy atom. The Morgan fingerprint density at radius 2 is 1.69 bits per heavy atom. The molecule has 0 radical (unpaired) electrons. The van der Waals surface area contributed by atoms with E-state index in [-0.39, 0.29) is 18.4 Å². The van der Waals surface area contributed by atoms with E-state index in [0.29, 0.717) is 18.6 Å². The number of nitrogens with one attached hydrogen (secondary N) is 1. The molecule has 1 aliphatic rings. The Kier molecular flexibility index (Phi) is 4.94. The van der Waals surface area contributed by atoms with E-state index in [1.165, 1.54) is 6.20 Å². The first-order valence-corrected chi connectivity index (χ1v) is 9.46. The number of nitrogens with zero attached hydrogens (tertiary/aromatic N) is 3. The first kappa shape index (κ1) is 19.3. The van der Waals surface area contributed by atoms with Crippen LogP contribution in [0.25, 0.3) is 11.0 Å². The Hall–Kier alpha value is -3.03. The lowest BCUT2D eigenvalue weighted by Gasteiger charge is -2.34. The largest absolute Gasteiger partial charge is 0.391 e. The molecule has 2 heterocycles. The van der Waals surface area contributed by atoms with Gasteiger partial charge in [0.1, 0.15) is 0 Å². The van der Waals surface area contributed by atoms with Crippen LogP contribution < -0.4 is 15.8 Å². The molecule has 0 atom stereocenters. The molecule has 1 saturated heterocycles. The number of benzene rings is 2. The van der Waals surface area contributed by atoms with E-state index >= 15 is 0 Å². The van der Waals surface area contributed by atoms with Crippen molar-refractivity contribution in [1.29, 1.82) is 0 Å². The third kappa shape index (κ3) is 4.06. The van der Waals surface area contributed by atoms with Crippen LogP contribution >= 0.6 is 0 Å². The molecule has 0 amide bonds. The van der Waals surface area contributed by atoms with Gasteiger partial charge in [0, 0.05) is 37.2 Å². The number of halogens is 3. The summed E-state index contributed by atoms with van der Waals surface area (Å²) in [5, 5.41) is 3.29. The number of aryl methyl sites for hydroxylation is 1. The van der Waals surface area contributed by atoms with Crippen molar-refractivity contribution in [1.82, 2.24) is 9.55 Å². The lowest BCUT2D eigenvalue weighted by Crippen LogP contribution is -2.38. The van der Waals surface area contributed by atoms with Gasteiger partial charge in [-0.1, -0.05) is 0 Å². The molecular formula is C21H21F3N4O. The third-order valence-corrected chi connectivity index (χ3v) is 5.46. The van der Waals surface area contributed by atoms with Crippen LogP contribution in [0.3, 0.4) is 0 Å². The number of aromatic nitrogens is 2. The highest BCUT2D eigenvalue weighted by Gasteiger charge is 2.41.